The molecule has 0 saturated carbocycles. The van der Waals surface area contributed by atoms with Gasteiger partial charge < -0.3 is 33.2 Å². The molecule has 1 aliphatic heterocycles. The van der Waals surface area contributed by atoms with Gasteiger partial charge in [0.05, 0.1) is 44.7 Å². The molecule has 47 heavy (non-hydrogen) atoms. The van der Waals surface area contributed by atoms with Crippen molar-refractivity contribution in [3.05, 3.63) is 12.2 Å². The maximum atomic E-state index is 12.7. The van der Waals surface area contributed by atoms with Crippen LogP contribution in [0.15, 0.2) is 12.2 Å². The van der Waals surface area contributed by atoms with Gasteiger partial charge in [0, 0.05) is 24.8 Å². The molecule has 1 saturated heterocycles. The van der Waals surface area contributed by atoms with Crippen LogP contribution >= 0.6 is 0 Å². The van der Waals surface area contributed by atoms with Crippen molar-refractivity contribution in [3.8, 4) is 0 Å². The molecule has 1 fully saturated rings. The Morgan fingerprint density at radius 2 is 1.13 bits per heavy atom. The van der Waals surface area contributed by atoms with E-state index in [9.17, 15) is 28.8 Å². The monoisotopic (exact) mass is 670 g/mol. The predicted molar refractivity (Wildman–Crippen MR) is 168 cm³/mol. The van der Waals surface area contributed by atoms with Crippen LogP contribution in [0.4, 0.5) is 0 Å². The normalized spacial score (nSPS) is 18.2. The zero-order valence-corrected chi connectivity index (χ0v) is 28.9. The van der Waals surface area contributed by atoms with Crippen molar-refractivity contribution < 1.29 is 61.9 Å². The minimum absolute atomic E-state index is 0.0402. The van der Waals surface area contributed by atoms with E-state index in [2.05, 4.69) is 6.58 Å². The van der Waals surface area contributed by atoms with E-state index in [0.29, 0.717) is 44.1 Å². The molecule has 0 aromatic carbocycles. The fourth-order valence-corrected chi connectivity index (χ4v) is 4.01. The number of hydrogen-bond acceptors (Lipinski definition) is 13. The van der Waals surface area contributed by atoms with Crippen molar-refractivity contribution in [3.63, 3.8) is 0 Å². The largest absolute Gasteiger partial charge is 0.465 e. The highest BCUT2D eigenvalue weighted by Gasteiger charge is 2.38. The van der Waals surface area contributed by atoms with Crippen molar-refractivity contribution in [2.24, 2.45) is 17.8 Å². The molecule has 13 heteroatoms. The minimum Gasteiger partial charge on any atom is -0.465 e. The van der Waals surface area contributed by atoms with E-state index in [4.69, 9.17) is 33.2 Å². The summed E-state index contributed by atoms with van der Waals surface area (Å²) in [4.78, 5) is 72.7. The van der Waals surface area contributed by atoms with E-state index in [1.54, 1.807) is 27.7 Å². The fraction of sp³-hybridized carbons (Fsp3) is 0.765. The Kier molecular flexibility index (Phi) is 20.3. The van der Waals surface area contributed by atoms with Crippen molar-refractivity contribution in [2.45, 2.75) is 124 Å². The number of unbranched alkanes of at least 4 members (excludes halogenated alkanes) is 3. The predicted octanol–water partition coefficient (Wildman–Crippen LogP) is 4.76. The topological polar surface area (TPSA) is 167 Å². The highest BCUT2D eigenvalue weighted by atomic mass is 16.7. The molecule has 13 nitrogen and oxygen atoms in total. The fourth-order valence-electron chi connectivity index (χ4n) is 4.01. The summed E-state index contributed by atoms with van der Waals surface area (Å²) in [6.45, 7) is 14.6. The van der Waals surface area contributed by atoms with Gasteiger partial charge in [0.2, 0.25) is 6.29 Å². The summed E-state index contributed by atoms with van der Waals surface area (Å²) >= 11 is 0. The molecule has 1 heterocycles. The van der Waals surface area contributed by atoms with Crippen LogP contribution in [-0.2, 0) is 61.9 Å². The molecule has 0 aromatic heterocycles. The SMILES string of the molecule is C=C(C)C(=O)OCCCCC(=O)OC1CC(OC(=O)CCCCOC(=O)C(C)C(C)C)C(OC(=O)CCCCOC(=O)C(C)C)CO1. The molecule has 4 atom stereocenters. The first-order chi connectivity index (χ1) is 22.2. The van der Waals surface area contributed by atoms with Crippen LogP contribution in [0, 0.1) is 17.8 Å². The van der Waals surface area contributed by atoms with Crippen LogP contribution in [0.1, 0.15) is 106 Å². The highest BCUT2D eigenvalue weighted by molar-refractivity contribution is 5.86. The number of rotatable bonds is 22. The third kappa shape index (κ3) is 18.4. The Hall–Kier alpha value is -3.48. The summed E-state index contributed by atoms with van der Waals surface area (Å²) in [5.74, 6) is -2.99. The first kappa shape index (κ1) is 41.5. The second-order valence-electron chi connectivity index (χ2n) is 12.4. The zero-order valence-electron chi connectivity index (χ0n) is 28.9. The molecule has 4 unspecified atom stereocenters. The molecule has 0 radical (unpaired) electrons. The van der Waals surface area contributed by atoms with Gasteiger partial charge in [-0.15, -0.1) is 0 Å². The Morgan fingerprint density at radius 3 is 1.62 bits per heavy atom. The first-order valence-electron chi connectivity index (χ1n) is 16.6. The van der Waals surface area contributed by atoms with Gasteiger partial charge in [-0.2, -0.15) is 0 Å². The third-order valence-corrected chi connectivity index (χ3v) is 7.35. The summed E-state index contributed by atoms with van der Waals surface area (Å²) in [6.07, 6.45) is -0.0782. The number of carbonyl (C=O) groups is 6. The molecule has 0 aromatic rings. The Balaban J connectivity index is 2.61. The standard InChI is InChI=1S/C34H54O13/c1-22(2)25(7)34(40)43-19-13-9-14-28(35)45-26-20-31(47-30(37)16-10-12-18-42-33(39)24(5)6)44-21-27(26)46-29(36)15-8-11-17-41-32(38)23(3)4/h22-23,25-27,31H,5,8-21H2,1-4,6-7H3. The molecule has 0 N–H and O–H groups in total. The molecule has 0 bridgehead atoms. The van der Waals surface area contributed by atoms with E-state index < -0.39 is 42.4 Å². The van der Waals surface area contributed by atoms with E-state index in [1.807, 2.05) is 13.8 Å². The van der Waals surface area contributed by atoms with Crippen molar-refractivity contribution in [1.29, 1.82) is 0 Å². The minimum atomic E-state index is -1.02. The van der Waals surface area contributed by atoms with Crippen molar-refractivity contribution in [2.75, 3.05) is 26.4 Å². The van der Waals surface area contributed by atoms with Crippen molar-refractivity contribution in [1.82, 2.24) is 0 Å². The summed E-state index contributed by atoms with van der Waals surface area (Å²) in [5.41, 5.74) is 0.291. The summed E-state index contributed by atoms with van der Waals surface area (Å²) in [5, 5.41) is 0. The number of carbonyl (C=O) groups excluding carboxylic acids is 6. The maximum Gasteiger partial charge on any atom is 0.333 e. The zero-order chi connectivity index (χ0) is 35.4. The average molecular weight is 671 g/mol. The van der Waals surface area contributed by atoms with Crippen LogP contribution in [0.3, 0.4) is 0 Å². The van der Waals surface area contributed by atoms with Crippen LogP contribution in [0.25, 0.3) is 0 Å². The van der Waals surface area contributed by atoms with Gasteiger partial charge in [0.25, 0.3) is 0 Å². The molecule has 0 aliphatic carbocycles. The lowest BCUT2D eigenvalue weighted by Crippen LogP contribution is -2.47. The van der Waals surface area contributed by atoms with E-state index in [-0.39, 0.29) is 81.8 Å². The first-order valence-corrected chi connectivity index (χ1v) is 16.6. The molecule has 0 spiro atoms. The van der Waals surface area contributed by atoms with Gasteiger partial charge in [-0.3, -0.25) is 24.0 Å². The third-order valence-electron chi connectivity index (χ3n) is 7.35. The Bertz CT molecular complexity index is 1040. The van der Waals surface area contributed by atoms with Crippen LogP contribution in [-0.4, -0.2) is 80.7 Å². The lowest BCUT2D eigenvalue weighted by atomic mass is 9.99. The molecule has 268 valence electrons. The van der Waals surface area contributed by atoms with Crippen LogP contribution in [0.5, 0.6) is 0 Å². The van der Waals surface area contributed by atoms with Gasteiger partial charge in [-0.05, 0) is 51.4 Å². The Labute approximate surface area is 278 Å². The lowest BCUT2D eigenvalue weighted by Gasteiger charge is -2.34. The van der Waals surface area contributed by atoms with E-state index in [0.717, 1.165) is 0 Å². The number of hydrogen-bond donors (Lipinski definition) is 0. The molecule has 1 rings (SSSR count). The van der Waals surface area contributed by atoms with E-state index >= 15 is 0 Å². The Morgan fingerprint density at radius 1 is 0.660 bits per heavy atom. The lowest BCUT2D eigenvalue weighted by molar-refractivity contribution is -0.230. The molecular weight excluding hydrogens is 616 g/mol. The van der Waals surface area contributed by atoms with Gasteiger partial charge in [0.1, 0.15) is 6.10 Å². The second-order valence-corrected chi connectivity index (χ2v) is 12.4. The maximum absolute atomic E-state index is 12.7. The summed E-state index contributed by atoms with van der Waals surface area (Å²) in [7, 11) is 0. The molecule has 1 aliphatic rings. The molecule has 0 amide bonds. The van der Waals surface area contributed by atoms with Gasteiger partial charge in [-0.25, -0.2) is 4.79 Å². The van der Waals surface area contributed by atoms with Gasteiger partial charge >= 0.3 is 35.8 Å². The van der Waals surface area contributed by atoms with Crippen LogP contribution in [0.2, 0.25) is 0 Å². The van der Waals surface area contributed by atoms with E-state index in [1.165, 1.54) is 0 Å². The van der Waals surface area contributed by atoms with Gasteiger partial charge in [0.15, 0.2) is 6.10 Å². The van der Waals surface area contributed by atoms with Crippen molar-refractivity contribution >= 4 is 35.8 Å². The summed E-state index contributed by atoms with van der Waals surface area (Å²) < 4.78 is 37.7. The quantitative estimate of drug-likeness (QED) is 0.0670. The smallest absolute Gasteiger partial charge is 0.333 e. The number of ether oxygens (including phenoxy) is 7. The van der Waals surface area contributed by atoms with Crippen LogP contribution < -0.4 is 0 Å². The number of esters is 6. The average Bonchev–Trinajstić information content (AvgIpc) is 3.00. The summed E-state index contributed by atoms with van der Waals surface area (Å²) in [6, 6.07) is 0. The second kappa shape index (κ2) is 22.9. The van der Waals surface area contributed by atoms with Gasteiger partial charge in [-0.1, -0.05) is 41.2 Å². The highest BCUT2D eigenvalue weighted by Crippen LogP contribution is 2.23. The molecular formula is C34H54O13.